The lowest BCUT2D eigenvalue weighted by Crippen LogP contribution is -2.18. The molecule has 0 radical (unpaired) electrons. The van der Waals surface area contributed by atoms with Gasteiger partial charge in [-0.3, -0.25) is 0 Å². The number of allylic oxidation sites excluding steroid dienone is 1. The predicted octanol–water partition coefficient (Wildman–Crippen LogP) is 5.06. The molecule has 0 spiro atoms. The van der Waals surface area contributed by atoms with Crippen LogP contribution in [0.15, 0.2) is 95.5 Å². The van der Waals surface area contributed by atoms with Crippen molar-refractivity contribution in [2.45, 2.75) is 20.4 Å². The van der Waals surface area contributed by atoms with E-state index in [2.05, 4.69) is 23.2 Å². The van der Waals surface area contributed by atoms with Gasteiger partial charge in [-0.2, -0.15) is 0 Å². The van der Waals surface area contributed by atoms with Crippen molar-refractivity contribution < 1.29 is 0 Å². The van der Waals surface area contributed by atoms with Crippen LogP contribution in [-0.2, 0) is 6.54 Å². The zero-order chi connectivity index (χ0) is 21.5. The van der Waals surface area contributed by atoms with Gasteiger partial charge in [-0.05, 0) is 54.3 Å². The van der Waals surface area contributed by atoms with Gasteiger partial charge in [-0.15, -0.1) is 0 Å². The highest BCUT2D eigenvalue weighted by molar-refractivity contribution is 6.07. The summed E-state index contributed by atoms with van der Waals surface area (Å²) in [5.41, 5.74) is 26.0. The van der Waals surface area contributed by atoms with Crippen molar-refractivity contribution in [2.24, 2.45) is 22.2 Å². The van der Waals surface area contributed by atoms with Gasteiger partial charge in [0.1, 0.15) is 5.84 Å². The molecule has 0 fully saturated rings. The van der Waals surface area contributed by atoms with Gasteiger partial charge in [0.05, 0.1) is 11.4 Å². The highest BCUT2D eigenvalue weighted by Gasteiger charge is 2.10. The number of aryl methyl sites for hydroxylation is 1. The Hall–Kier alpha value is -3.63. The Bertz CT molecular complexity index is 1120. The van der Waals surface area contributed by atoms with Crippen LogP contribution < -0.4 is 17.2 Å². The van der Waals surface area contributed by atoms with Gasteiger partial charge < -0.3 is 17.2 Å². The fraction of sp³-hybridized carbons (Fsp3) is 0.115. The zero-order valence-electron chi connectivity index (χ0n) is 17.5. The molecule has 0 saturated carbocycles. The molecule has 30 heavy (non-hydrogen) atoms. The van der Waals surface area contributed by atoms with E-state index in [1.807, 2.05) is 80.6 Å². The number of hydrogen-bond acceptors (Lipinski definition) is 3. The van der Waals surface area contributed by atoms with Gasteiger partial charge in [0.25, 0.3) is 0 Å². The molecule has 0 aromatic heterocycles. The first-order valence-corrected chi connectivity index (χ1v) is 9.96. The average molecular weight is 397 g/mol. The van der Waals surface area contributed by atoms with Crippen molar-refractivity contribution in [3.8, 4) is 11.1 Å². The average Bonchev–Trinajstić information content (AvgIpc) is 2.77. The van der Waals surface area contributed by atoms with Crippen LogP contribution >= 0.6 is 0 Å². The van der Waals surface area contributed by atoms with Crippen molar-refractivity contribution >= 4 is 17.2 Å². The summed E-state index contributed by atoms with van der Waals surface area (Å²) in [6, 6.07) is 24.1. The molecule has 3 aromatic carbocycles. The fourth-order valence-corrected chi connectivity index (χ4v) is 3.33. The summed E-state index contributed by atoms with van der Waals surface area (Å²) >= 11 is 0. The summed E-state index contributed by atoms with van der Waals surface area (Å²) in [6.45, 7) is 4.47. The molecule has 3 rings (SSSR count). The molecular weight excluding hydrogens is 368 g/mol. The van der Waals surface area contributed by atoms with Gasteiger partial charge in [0.2, 0.25) is 0 Å². The summed E-state index contributed by atoms with van der Waals surface area (Å²) in [4.78, 5) is 4.66. The second kappa shape index (κ2) is 9.72. The van der Waals surface area contributed by atoms with E-state index < -0.39 is 0 Å². The number of rotatable bonds is 6. The molecule has 0 aliphatic rings. The Kier molecular flexibility index (Phi) is 6.83. The van der Waals surface area contributed by atoms with Gasteiger partial charge in [0.15, 0.2) is 0 Å². The molecule has 0 aliphatic carbocycles. The topological polar surface area (TPSA) is 90.4 Å². The smallest absolute Gasteiger partial charge is 0.133 e. The predicted molar refractivity (Wildman–Crippen MR) is 128 cm³/mol. The van der Waals surface area contributed by atoms with E-state index in [9.17, 15) is 0 Å². The van der Waals surface area contributed by atoms with E-state index in [1.165, 1.54) is 0 Å². The molecule has 0 aliphatic heterocycles. The molecule has 0 heterocycles. The summed E-state index contributed by atoms with van der Waals surface area (Å²) in [5.74, 6) is 0.377. The van der Waals surface area contributed by atoms with Crippen LogP contribution in [0.25, 0.3) is 16.8 Å². The number of amidine groups is 1. The Morgan fingerprint density at radius 3 is 2.30 bits per heavy atom. The minimum Gasteiger partial charge on any atom is -0.398 e. The van der Waals surface area contributed by atoms with Gasteiger partial charge >= 0.3 is 0 Å². The number of nitrogens with zero attached hydrogens (tertiary/aromatic N) is 1. The monoisotopic (exact) mass is 396 g/mol. The lowest BCUT2D eigenvalue weighted by molar-refractivity contribution is 1.07. The molecule has 0 bridgehead atoms. The summed E-state index contributed by atoms with van der Waals surface area (Å²) in [7, 11) is 0. The van der Waals surface area contributed by atoms with E-state index >= 15 is 0 Å². The lowest BCUT2D eigenvalue weighted by Gasteiger charge is -2.11. The molecule has 152 valence electrons. The maximum Gasteiger partial charge on any atom is 0.133 e. The second-order valence-electron chi connectivity index (χ2n) is 7.09. The first kappa shape index (κ1) is 21.1. The summed E-state index contributed by atoms with van der Waals surface area (Å²) < 4.78 is 0. The standard InChI is InChI=1S/C26H28N4/c1-3-8-24(25(28)23-14-5-4-9-18(23)2)26(29)30-22-13-7-12-21(16-22)20-11-6-10-19(15-20)17-27/h3-16H,17,27-28H2,1-2H3,(H2,29,30)/b8-3-,25-24+. The van der Waals surface area contributed by atoms with Crippen LogP contribution in [0.4, 0.5) is 5.69 Å². The first-order chi connectivity index (χ1) is 14.5. The Labute approximate surface area is 178 Å². The molecule has 0 saturated heterocycles. The Morgan fingerprint density at radius 1 is 0.900 bits per heavy atom. The molecule has 4 heteroatoms. The minimum absolute atomic E-state index is 0.377. The van der Waals surface area contributed by atoms with Crippen molar-refractivity contribution in [1.29, 1.82) is 0 Å². The Balaban J connectivity index is 2.02. The molecule has 0 unspecified atom stereocenters. The molecule has 0 atom stereocenters. The third-order valence-corrected chi connectivity index (χ3v) is 4.93. The van der Waals surface area contributed by atoms with E-state index in [4.69, 9.17) is 17.2 Å². The highest BCUT2D eigenvalue weighted by atomic mass is 14.9. The van der Waals surface area contributed by atoms with E-state index in [0.717, 1.165) is 33.5 Å². The Morgan fingerprint density at radius 2 is 1.60 bits per heavy atom. The second-order valence-corrected chi connectivity index (χ2v) is 7.09. The highest BCUT2D eigenvalue weighted by Crippen LogP contribution is 2.26. The van der Waals surface area contributed by atoms with Gasteiger partial charge in [0, 0.05) is 17.7 Å². The third-order valence-electron chi connectivity index (χ3n) is 4.93. The van der Waals surface area contributed by atoms with Gasteiger partial charge in [-0.1, -0.05) is 66.7 Å². The maximum absolute atomic E-state index is 6.49. The number of hydrogen-bond donors (Lipinski definition) is 3. The molecule has 6 N–H and O–H groups in total. The molecular formula is C26H28N4. The van der Waals surface area contributed by atoms with E-state index in [1.54, 1.807) is 0 Å². The van der Waals surface area contributed by atoms with Crippen molar-refractivity contribution in [1.82, 2.24) is 0 Å². The molecule has 0 amide bonds. The van der Waals surface area contributed by atoms with Crippen LogP contribution in [0.5, 0.6) is 0 Å². The van der Waals surface area contributed by atoms with Crippen LogP contribution in [0.2, 0.25) is 0 Å². The largest absolute Gasteiger partial charge is 0.398 e. The maximum atomic E-state index is 6.49. The summed E-state index contributed by atoms with van der Waals surface area (Å²) in [6.07, 6.45) is 3.81. The fourth-order valence-electron chi connectivity index (χ4n) is 3.33. The quantitative estimate of drug-likeness (QED) is 0.309. The number of aliphatic imine (C=N–C) groups is 1. The van der Waals surface area contributed by atoms with E-state index in [-0.39, 0.29) is 0 Å². The van der Waals surface area contributed by atoms with E-state index in [0.29, 0.717) is 23.7 Å². The van der Waals surface area contributed by atoms with Crippen molar-refractivity contribution in [3.05, 3.63) is 107 Å². The van der Waals surface area contributed by atoms with Crippen LogP contribution in [0.1, 0.15) is 23.6 Å². The third kappa shape index (κ3) is 4.85. The van der Waals surface area contributed by atoms with Crippen LogP contribution in [0, 0.1) is 6.92 Å². The van der Waals surface area contributed by atoms with Crippen molar-refractivity contribution in [2.75, 3.05) is 0 Å². The van der Waals surface area contributed by atoms with Crippen LogP contribution in [0.3, 0.4) is 0 Å². The molecule has 3 aromatic rings. The first-order valence-electron chi connectivity index (χ1n) is 9.96. The summed E-state index contributed by atoms with van der Waals surface area (Å²) in [5, 5.41) is 0. The number of benzene rings is 3. The normalized spacial score (nSPS) is 12.8. The number of nitrogens with two attached hydrogens (primary N) is 3. The van der Waals surface area contributed by atoms with Crippen LogP contribution in [-0.4, -0.2) is 5.84 Å². The molecule has 4 nitrogen and oxygen atoms in total. The minimum atomic E-state index is 0.377. The SMILES string of the molecule is C/C=C\C(C(N)=Nc1cccc(-c2cccc(CN)c2)c1)=C(/N)c1ccccc1C. The van der Waals surface area contributed by atoms with Gasteiger partial charge in [-0.25, -0.2) is 4.99 Å². The zero-order valence-corrected chi connectivity index (χ0v) is 17.5. The van der Waals surface area contributed by atoms with Crippen molar-refractivity contribution in [3.63, 3.8) is 0 Å². The lowest BCUT2D eigenvalue weighted by atomic mass is 10.0.